The van der Waals surface area contributed by atoms with Crippen LogP contribution >= 0.6 is 0 Å². The highest BCUT2D eigenvalue weighted by Crippen LogP contribution is 2.28. The van der Waals surface area contributed by atoms with E-state index >= 15 is 0 Å². The van der Waals surface area contributed by atoms with Crippen molar-refractivity contribution < 1.29 is 4.39 Å². The van der Waals surface area contributed by atoms with Gasteiger partial charge in [-0.05, 0) is 43.7 Å². The van der Waals surface area contributed by atoms with Crippen molar-refractivity contribution in [1.82, 2.24) is 25.1 Å². The van der Waals surface area contributed by atoms with Gasteiger partial charge in [0.1, 0.15) is 5.82 Å². The van der Waals surface area contributed by atoms with Crippen molar-refractivity contribution in [3.05, 3.63) is 70.3 Å². The molecule has 0 radical (unpaired) electrons. The predicted octanol–water partition coefficient (Wildman–Crippen LogP) is 2.68. The van der Waals surface area contributed by atoms with Gasteiger partial charge in [0.05, 0.1) is 23.9 Å². The van der Waals surface area contributed by atoms with Crippen LogP contribution in [0.1, 0.15) is 30.0 Å². The van der Waals surface area contributed by atoms with Crippen molar-refractivity contribution in [3.8, 4) is 11.3 Å². The van der Waals surface area contributed by atoms with Gasteiger partial charge in [0.2, 0.25) is 0 Å². The first-order valence-corrected chi connectivity index (χ1v) is 8.74. The number of halogens is 1. The highest BCUT2D eigenvalue weighted by Gasteiger charge is 2.23. The first kappa shape index (κ1) is 16.7. The Morgan fingerprint density at radius 1 is 1.27 bits per heavy atom. The van der Waals surface area contributed by atoms with Crippen LogP contribution in [0.3, 0.4) is 0 Å². The molecule has 134 valence electrons. The predicted molar refractivity (Wildman–Crippen MR) is 96.1 cm³/mol. The van der Waals surface area contributed by atoms with Gasteiger partial charge >= 0.3 is 0 Å². The molecule has 7 heteroatoms. The first-order valence-electron chi connectivity index (χ1n) is 8.74. The van der Waals surface area contributed by atoms with Crippen molar-refractivity contribution >= 4 is 0 Å². The third-order valence-electron chi connectivity index (χ3n) is 4.87. The van der Waals surface area contributed by atoms with E-state index in [4.69, 9.17) is 0 Å². The van der Waals surface area contributed by atoms with Gasteiger partial charge in [-0.15, -0.1) is 0 Å². The molecule has 1 saturated heterocycles. The second-order valence-corrected chi connectivity index (χ2v) is 6.69. The van der Waals surface area contributed by atoms with E-state index in [2.05, 4.69) is 25.1 Å². The van der Waals surface area contributed by atoms with E-state index in [-0.39, 0.29) is 17.3 Å². The minimum Gasteiger partial charge on any atom is -0.313 e. The van der Waals surface area contributed by atoms with Gasteiger partial charge in [0.25, 0.3) is 5.56 Å². The van der Waals surface area contributed by atoms with Crippen LogP contribution in [-0.2, 0) is 6.54 Å². The molecule has 0 saturated carbocycles. The zero-order valence-corrected chi connectivity index (χ0v) is 14.3. The van der Waals surface area contributed by atoms with Crippen LogP contribution in [0.25, 0.3) is 11.3 Å². The number of likely N-dealkylation sites (tertiary alicyclic amines) is 1. The number of H-pyrrole nitrogens is 2. The molecule has 1 aliphatic heterocycles. The van der Waals surface area contributed by atoms with E-state index in [0.717, 1.165) is 55.0 Å². The standard InChI is InChI=1S/C19H20FN5O/c20-16-5-3-13(4-6-16)19-15(9-23-24-19)11-25-7-1-2-14(10-25)17-8-18(26)22-12-21-17/h3-6,8-9,12,14H,1-2,7,10-11H2,(H,23,24)(H,21,22,26). The number of aromatic amines is 2. The second-order valence-electron chi connectivity index (χ2n) is 6.69. The number of nitrogens with zero attached hydrogens (tertiary/aromatic N) is 3. The van der Waals surface area contributed by atoms with Gasteiger partial charge < -0.3 is 4.98 Å². The maximum absolute atomic E-state index is 13.2. The zero-order chi connectivity index (χ0) is 17.9. The second kappa shape index (κ2) is 7.21. The van der Waals surface area contributed by atoms with Crippen LogP contribution in [0.4, 0.5) is 4.39 Å². The molecule has 6 nitrogen and oxygen atoms in total. The van der Waals surface area contributed by atoms with Crippen LogP contribution in [0.5, 0.6) is 0 Å². The summed E-state index contributed by atoms with van der Waals surface area (Å²) in [5, 5.41) is 7.20. The maximum atomic E-state index is 13.2. The molecule has 1 unspecified atom stereocenters. The smallest absolute Gasteiger partial charge is 0.250 e. The van der Waals surface area contributed by atoms with Crippen LogP contribution < -0.4 is 5.56 Å². The maximum Gasteiger partial charge on any atom is 0.250 e. The third kappa shape index (κ3) is 3.57. The fourth-order valence-electron chi connectivity index (χ4n) is 3.59. The lowest BCUT2D eigenvalue weighted by atomic mass is 9.94. The lowest BCUT2D eigenvalue weighted by Crippen LogP contribution is -2.34. The van der Waals surface area contributed by atoms with Gasteiger partial charge in [-0.1, -0.05) is 0 Å². The molecule has 0 amide bonds. The molecular formula is C19H20FN5O. The van der Waals surface area contributed by atoms with Crippen LogP contribution in [0.15, 0.2) is 47.7 Å². The molecule has 26 heavy (non-hydrogen) atoms. The highest BCUT2D eigenvalue weighted by atomic mass is 19.1. The average Bonchev–Trinajstić information content (AvgIpc) is 3.11. The van der Waals surface area contributed by atoms with Crippen LogP contribution in [0.2, 0.25) is 0 Å². The van der Waals surface area contributed by atoms with Crippen molar-refractivity contribution in [1.29, 1.82) is 0 Å². The monoisotopic (exact) mass is 353 g/mol. The number of benzene rings is 1. The van der Waals surface area contributed by atoms with E-state index in [1.165, 1.54) is 18.5 Å². The first-order chi connectivity index (χ1) is 12.7. The molecule has 0 spiro atoms. The Hall–Kier alpha value is -2.80. The summed E-state index contributed by atoms with van der Waals surface area (Å²) < 4.78 is 13.2. The number of piperidine rings is 1. The lowest BCUT2D eigenvalue weighted by Gasteiger charge is -2.32. The summed E-state index contributed by atoms with van der Waals surface area (Å²) in [5.74, 6) is 0.00579. The Morgan fingerprint density at radius 3 is 2.92 bits per heavy atom. The van der Waals surface area contributed by atoms with Crippen molar-refractivity contribution in [2.75, 3.05) is 13.1 Å². The van der Waals surface area contributed by atoms with Gasteiger partial charge in [0.15, 0.2) is 0 Å². The molecule has 0 bridgehead atoms. The van der Waals surface area contributed by atoms with Gasteiger partial charge in [-0.2, -0.15) is 5.10 Å². The summed E-state index contributed by atoms with van der Waals surface area (Å²) in [6, 6.07) is 8.01. The Morgan fingerprint density at radius 2 is 2.12 bits per heavy atom. The molecule has 3 heterocycles. The van der Waals surface area contributed by atoms with Crippen molar-refractivity contribution in [2.45, 2.75) is 25.3 Å². The number of nitrogens with one attached hydrogen (secondary N) is 2. The van der Waals surface area contributed by atoms with Gasteiger partial charge in [-0.3, -0.25) is 14.8 Å². The number of hydrogen-bond donors (Lipinski definition) is 2. The lowest BCUT2D eigenvalue weighted by molar-refractivity contribution is 0.198. The molecule has 1 atom stereocenters. The molecule has 1 aliphatic rings. The van der Waals surface area contributed by atoms with E-state index in [1.807, 2.05) is 6.20 Å². The summed E-state index contributed by atoms with van der Waals surface area (Å²) in [4.78, 5) is 20.8. The van der Waals surface area contributed by atoms with Gasteiger partial charge in [-0.25, -0.2) is 9.37 Å². The largest absolute Gasteiger partial charge is 0.313 e. The van der Waals surface area contributed by atoms with E-state index in [1.54, 1.807) is 18.2 Å². The average molecular weight is 353 g/mol. The molecule has 1 fully saturated rings. The number of aromatic nitrogens is 4. The van der Waals surface area contributed by atoms with E-state index < -0.39 is 0 Å². The van der Waals surface area contributed by atoms with E-state index in [0.29, 0.717) is 0 Å². The summed E-state index contributed by atoms with van der Waals surface area (Å²) in [6.45, 7) is 2.60. The third-order valence-corrected chi connectivity index (χ3v) is 4.87. The van der Waals surface area contributed by atoms with E-state index in [9.17, 15) is 9.18 Å². The Labute approximate surface area is 150 Å². The van der Waals surface area contributed by atoms with Crippen LogP contribution in [0, 0.1) is 5.82 Å². The topological polar surface area (TPSA) is 77.7 Å². The number of rotatable bonds is 4. The molecule has 4 rings (SSSR count). The highest BCUT2D eigenvalue weighted by molar-refractivity contribution is 5.62. The van der Waals surface area contributed by atoms with Gasteiger partial charge in [0, 0.05) is 36.2 Å². The summed E-state index contributed by atoms with van der Waals surface area (Å²) in [7, 11) is 0. The zero-order valence-electron chi connectivity index (χ0n) is 14.3. The fraction of sp³-hybridized carbons (Fsp3) is 0.316. The molecule has 3 aromatic rings. The SMILES string of the molecule is O=c1cc(C2CCCN(Cc3cn[nH]c3-c3ccc(F)cc3)C2)nc[nH]1. The van der Waals surface area contributed by atoms with Crippen LogP contribution in [-0.4, -0.2) is 38.2 Å². The Bertz CT molecular complexity index is 933. The summed E-state index contributed by atoms with van der Waals surface area (Å²) >= 11 is 0. The minimum atomic E-state index is -0.251. The molecule has 1 aromatic carbocycles. The molecular weight excluding hydrogens is 333 g/mol. The Balaban J connectivity index is 1.50. The molecule has 0 aliphatic carbocycles. The summed E-state index contributed by atoms with van der Waals surface area (Å²) in [5.41, 5.74) is 3.66. The normalized spacial score (nSPS) is 18.1. The molecule has 2 N–H and O–H groups in total. The minimum absolute atomic E-state index is 0.111. The molecule has 2 aromatic heterocycles. The Kier molecular flexibility index (Phi) is 4.62. The number of hydrogen-bond acceptors (Lipinski definition) is 4. The van der Waals surface area contributed by atoms with Crippen molar-refractivity contribution in [3.63, 3.8) is 0 Å². The summed E-state index contributed by atoms with van der Waals surface area (Å²) in [6.07, 6.45) is 5.39. The van der Waals surface area contributed by atoms with Crippen molar-refractivity contribution in [2.24, 2.45) is 0 Å². The fourth-order valence-corrected chi connectivity index (χ4v) is 3.59. The quantitative estimate of drug-likeness (QED) is 0.756.